The Labute approximate surface area is 151 Å². The van der Waals surface area contributed by atoms with Gasteiger partial charge in [0.1, 0.15) is 0 Å². The third kappa shape index (κ3) is 2.07. The molecule has 5 heteroatoms. The van der Waals surface area contributed by atoms with Gasteiger partial charge < -0.3 is 9.80 Å². The normalized spacial score (nSPS) is 24.4. The first kappa shape index (κ1) is 15.0. The lowest BCUT2D eigenvalue weighted by Crippen LogP contribution is -2.40. The van der Waals surface area contributed by atoms with Gasteiger partial charge in [0.25, 0.3) is 5.91 Å². The summed E-state index contributed by atoms with van der Waals surface area (Å²) in [5, 5.41) is 0.637. The second kappa shape index (κ2) is 5.33. The van der Waals surface area contributed by atoms with Crippen molar-refractivity contribution in [1.29, 1.82) is 0 Å². The number of rotatable bonds is 1. The Morgan fingerprint density at radius 3 is 2.64 bits per heavy atom. The molecule has 25 heavy (non-hydrogen) atoms. The third-order valence-corrected chi connectivity index (χ3v) is 5.86. The largest absolute Gasteiger partial charge is 0.335 e. The molecule has 5 rings (SSSR count). The van der Waals surface area contributed by atoms with Crippen molar-refractivity contribution < 1.29 is 9.59 Å². The molecule has 0 bridgehead atoms. The maximum Gasteiger partial charge on any atom is 0.259 e. The molecule has 0 saturated carbocycles. The van der Waals surface area contributed by atoms with Crippen LogP contribution in [-0.4, -0.2) is 23.3 Å². The number of halogens is 1. The van der Waals surface area contributed by atoms with E-state index in [9.17, 15) is 9.59 Å². The van der Waals surface area contributed by atoms with E-state index in [4.69, 9.17) is 11.6 Å². The molecule has 3 aliphatic rings. The van der Waals surface area contributed by atoms with Crippen LogP contribution >= 0.6 is 11.6 Å². The van der Waals surface area contributed by atoms with Gasteiger partial charge >= 0.3 is 0 Å². The smallest absolute Gasteiger partial charge is 0.259 e. The van der Waals surface area contributed by atoms with Gasteiger partial charge in [0.15, 0.2) is 0 Å². The van der Waals surface area contributed by atoms with Crippen LogP contribution in [0.1, 0.15) is 52.8 Å². The van der Waals surface area contributed by atoms with E-state index in [0.29, 0.717) is 11.4 Å². The third-order valence-electron chi connectivity index (χ3n) is 5.62. The van der Waals surface area contributed by atoms with Crippen LogP contribution in [0.4, 0.5) is 5.69 Å². The molecule has 2 unspecified atom stereocenters. The molecular weight excluding hydrogens is 336 g/mol. The molecule has 2 aromatic carbocycles. The number of carbonyl (C=O) groups is 2. The molecule has 2 atom stereocenters. The highest BCUT2D eigenvalue weighted by Crippen LogP contribution is 2.51. The molecule has 2 aromatic rings. The van der Waals surface area contributed by atoms with Crippen LogP contribution in [0.5, 0.6) is 0 Å². The topological polar surface area (TPSA) is 40.6 Å². The highest BCUT2D eigenvalue weighted by molar-refractivity contribution is 6.30. The van der Waals surface area contributed by atoms with Gasteiger partial charge in [-0.25, -0.2) is 0 Å². The quantitative estimate of drug-likeness (QED) is 0.775. The second-order valence-corrected chi connectivity index (χ2v) is 7.36. The lowest BCUT2D eigenvalue weighted by atomic mass is 9.88. The fourth-order valence-electron chi connectivity index (χ4n) is 4.55. The van der Waals surface area contributed by atoms with E-state index in [-0.39, 0.29) is 23.9 Å². The van der Waals surface area contributed by atoms with Crippen molar-refractivity contribution in [2.75, 3.05) is 11.4 Å². The zero-order valence-electron chi connectivity index (χ0n) is 13.6. The first-order valence-electron chi connectivity index (χ1n) is 8.66. The molecule has 4 nitrogen and oxygen atoms in total. The van der Waals surface area contributed by atoms with Crippen molar-refractivity contribution in [3.8, 4) is 0 Å². The van der Waals surface area contributed by atoms with Gasteiger partial charge in [0, 0.05) is 23.6 Å². The Balaban J connectivity index is 1.69. The van der Waals surface area contributed by atoms with Crippen LogP contribution in [0.3, 0.4) is 0 Å². The maximum absolute atomic E-state index is 13.0. The minimum Gasteiger partial charge on any atom is -0.335 e. The van der Waals surface area contributed by atoms with E-state index in [2.05, 4.69) is 0 Å². The number of amides is 2. The molecule has 126 valence electrons. The minimum atomic E-state index is -0.0242. The average molecular weight is 353 g/mol. The number of benzene rings is 2. The summed E-state index contributed by atoms with van der Waals surface area (Å²) < 4.78 is 0. The zero-order valence-corrected chi connectivity index (χ0v) is 14.4. The van der Waals surface area contributed by atoms with E-state index in [1.807, 2.05) is 52.3 Å². The second-order valence-electron chi connectivity index (χ2n) is 6.92. The standard InChI is InChI=1S/C20H17ClN2O2/c21-12-7-8-16-15(10-12)17(22-9-3-6-19(22)24)11-18-13-4-1-2-5-14(13)20(25)23(16)18/h1-2,4-5,7-8,10,17-18H,3,6,9,11H2. The number of hydrogen-bond donors (Lipinski definition) is 0. The van der Waals surface area contributed by atoms with Crippen LogP contribution in [0.2, 0.25) is 5.02 Å². The van der Waals surface area contributed by atoms with Crippen molar-refractivity contribution in [3.05, 3.63) is 64.2 Å². The first-order chi connectivity index (χ1) is 12.1. The van der Waals surface area contributed by atoms with Crippen LogP contribution in [0.15, 0.2) is 42.5 Å². The summed E-state index contributed by atoms with van der Waals surface area (Å²) in [5.41, 5.74) is 3.69. The van der Waals surface area contributed by atoms with E-state index >= 15 is 0 Å². The number of likely N-dealkylation sites (tertiary alicyclic amines) is 1. The van der Waals surface area contributed by atoms with Gasteiger partial charge in [-0.15, -0.1) is 0 Å². The summed E-state index contributed by atoms with van der Waals surface area (Å²) in [6.45, 7) is 0.776. The van der Waals surface area contributed by atoms with Gasteiger partial charge in [-0.3, -0.25) is 9.59 Å². The van der Waals surface area contributed by atoms with Crippen LogP contribution in [0, 0.1) is 0 Å². The highest BCUT2D eigenvalue weighted by atomic mass is 35.5. The predicted octanol–water partition coefficient (Wildman–Crippen LogP) is 4.11. The molecule has 0 radical (unpaired) electrons. The summed E-state index contributed by atoms with van der Waals surface area (Å²) in [7, 11) is 0. The molecule has 0 N–H and O–H groups in total. The van der Waals surface area contributed by atoms with Crippen molar-refractivity contribution in [2.24, 2.45) is 0 Å². The highest BCUT2D eigenvalue weighted by Gasteiger charge is 2.46. The molecular formula is C20H17ClN2O2. The van der Waals surface area contributed by atoms with Crippen LogP contribution < -0.4 is 4.90 Å². The summed E-state index contributed by atoms with van der Waals surface area (Å²) in [5.74, 6) is 0.234. The molecule has 1 saturated heterocycles. The van der Waals surface area contributed by atoms with Gasteiger partial charge in [-0.2, -0.15) is 0 Å². The Morgan fingerprint density at radius 2 is 1.84 bits per heavy atom. The maximum atomic E-state index is 13.0. The Kier molecular flexibility index (Phi) is 3.19. The fraction of sp³-hybridized carbons (Fsp3) is 0.300. The number of hydrogen-bond acceptors (Lipinski definition) is 2. The van der Waals surface area contributed by atoms with Gasteiger partial charge in [0.2, 0.25) is 5.91 Å². The SMILES string of the molecule is O=C1CCCN1C1CC2c3ccccc3C(=O)N2c2ccc(Cl)cc21. The molecule has 0 aliphatic carbocycles. The van der Waals surface area contributed by atoms with Gasteiger partial charge in [-0.1, -0.05) is 29.8 Å². The van der Waals surface area contributed by atoms with E-state index in [1.165, 1.54) is 0 Å². The Morgan fingerprint density at radius 1 is 1.00 bits per heavy atom. The molecule has 0 spiro atoms. The Hall–Kier alpha value is -2.33. The van der Waals surface area contributed by atoms with Crippen molar-refractivity contribution in [2.45, 2.75) is 31.3 Å². The monoisotopic (exact) mass is 352 g/mol. The van der Waals surface area contributed by atoms with Gasteiger partial charge in [-0.05, 0) is 48.2 Å². The van der Waals surface area contributed by atoms with E-state index < -0.39 is 0 Å². The molecule has 3 heterocycles. The molecule has 0 aromatic heterocycles. The van der Waals surface area contributed by atoms with E-state index in [1.54, 1.807) is 0 Å². The lowest BCUT2D eigenvalue weighted by molar-refractivity contribution is -0.130. The predicted molar refractivity (Wildman–Crippen MR) is 95.7 cm³/mol. The summed E-state index contributed by atoms with van der Waals surface area (Å²) in [6, 6.07) is 13.4. The summed E-state index contributed by atoms with van der Waals surface area (Å²) >= 11 is 6.25. The zero-order chi connectivity index (χ0) is 17.1. The molecule has 1 fully saturated rings. The van der Waals surface area contributed by atoms with Crippen molar-refractivity contribution in [3.63, 3.8) is 0 Å². The lowest BCUT2D eigenvalue weighted by Gasteiger charge is -2.41. The van der Waals surface area contributed by atoms with E-state index in [0.717, 1.165) is 41.8 Å². The minimum absolute atomic E-state index is 0.0178. The van der Waals surface area contributed by atoms with Crippen LogP contribution in [0.25, 0.3) is 0 Å². The van der Waals surface area contributed by atoms with Crippen molar-refractivity contribution in [1.82, 2.24) is 4.90 Å². The molecule has 3 aliphatic heterocycles. The first-order valence-corrected chi connectivity index (χ1v) is 9.04. The number of nitrogens with zero attached hydrogens (tertiary/aromatic N) is 2. The summed E-state index contributed by atoms with van der Waals surface area (Å²) in [6.07, 6.45) is 2.23. The number of carbonyl (C=O) groups excluding carboxylic acids is 2. The van der Waals surface area contributed by atoms with Crippen molar-refractivity contribution >= 4 is 29.1 Å². The summed E-state index contributed by atoms with van der Waals surface area (Å²) in [4.78, 5) is 29.2. The number of anilines is 1. The van der Waals surface area contributed by atoms with Crippen LogP contribution in [-0.2, 0) is 4.79 Å². The average Bonchev–Trinajstić information content (AvgIpc) is 3.16. The van der Waals surface area contributed by atoms with Gasteiger partial charge in [0.05, 0.1) is 17.8 Å². The Bertz CT molecular complexity index is 910. The number of fused-ring (bicyclic) bond motifs is 5. The fourth-order valence-corrected chi connectivity index (χ4v) is 4.73. The molecule has 2 amide bonds.